The summed E-state index contributed by atoms with van der Waals surface area (Å²) in [7, 11) is 0. The predicted molar refractivity (Wildman–Crippen MR) is 110 cm³/mol. The van der Waals surface area contributed by atoms with Crippen molar-refractivity contribution < 1.29 is 18.4 Å². The molecule has 0 aromatic heterocycles. The van der Waals surface area contributed by atoms with Crippen molar-refractivity contribution >= 4 is 11.6 Å². The molecule has 0 spiro atoms. The Morgan fingerprint density at radius 1 is 0.967 bits per heavy atom. The average Bonchev–Trinajstić information content (AvgIpc) is 3.22. The second-order valence-corrected chi connectivity index (χ2v) is 7.16. The number of amides is 1. The lowest BCUT2D eigenvalue weighted by Crippen LogP contribution is -2.37. The molecule has 4 nitrogen and oxygen atoms in total. The maximum Gasteiger partial charge on any atom is 0.254 e. The third kappa shape index (κ3) is 4.71. The van der Waals surface area contributed by atoms with Gasteiger partial charge in [0.05, 0.1) is 12.3 Å². The summed E-state index contributed by atoms with van der Waals surface area (Å²) >= 11 is 0. The monoisotopic (exact) mass is 406 g/mol. The van der Waals surface area contributed by atoms with Crippen molar-refractivity contribution in [3.63, 3.8) is 0 Å². The van der Waals surface area contributed by atoms with Crippen LogP contribution >= 0.6 is 0 Å². The minimum atomic E-state index is -0.459. The van der Waals surface area contributed by atoms with Gasteiger partial charge >= 0.3 is 0 Å². The summed E-state index contributed by atoms with van der Waals surface area (Å²) in [6.45, 7) is 0.653. The molecule has 0 aliphatic carbocycles. The molecule has 6 heteroatoms. The smallest absolute Gasteiger partial charge is 0.254 e. The van der Waals surface area contributed by atoms with Crippen molar-refractivity contribution in [2.45, 2.75) is 19.1 Å². The molecule has 0 bridgehead atoms. The molecule has 1 amide bonds. The molecule has 0 fully saturated rings. The number of halogens is 2. The summed E-state index contributed by atoms with van der Waals surface area (Å²) in [5, 5.41) is 4.12. The van der Waals surface area contributed by atoms with E-state index in [0.717, 1.165) is 11.1 Å². The fraction of sp³-hybridized carbons (Fsp3) is 0.167. The molecule has 3 aromatic rings. The first kappa shape index (κ1) is 19.8. The molecule has 1 heterocycles. The topological polar surface area (TPSA) is 41.9 Å². The van der Waals surface area contributed by atoms with Gasteiger partial charge in [-0.1, -0.05) is 53.7 Å². The van der Waals surface area contributed by atoms with Gasteiger partial charge in [-0.2, -0.15) is 0 Å². The van der Waals surface area contributed by atoms with Crippen LogP contribution in [0.25, 0.3) is 0 Å². The van der Waals surface area contributed by atoms with E-state index in [-0.39, 0.29) is 23.4 Å². The third-order valence-electron chi connectivity index (χ3n) is 4.91. The summed E-state index contributed by atoms with van der Waals surface area (Å²) < 4.78 is 26.8. The van der Waals surface area contributed by atoms with Crippen LogP contribution in [0.4, 0.5) is 8.78 Å². The Kier molecular flexibility index (Phi) is 5.84. The zero-order valence-electron chi connectivity index (χ0n) is 16.2. The standard InChI is InChI=1S/C24H20F2N2O2/c25-20-11-9-18(10-12-20)23-14-22(30-27-23)16-28(15-17-5-2-1-3-6-17)24(29)19-7-4-8-21(26)13-19/h1-13,22H,14-16H2/t22-/m1/s1. The van der Waals surface area contributed by atoms with Gasteiger partial charge in [0, 0.05) is 18.5 Å². The summed E-state index contributed by atoms with van der Waals surface area (Å²) in [6, 6.07) is 21.3. The van der Waals surface area contributed by atoms with Crippen molar-refractivity contribution in [1.82, 2.24) is 4.90 Å². The van der Waals surface area contributed by atoms with Gasteiger partial charge in [0.25, 0.3) is 5.91 Å². The van der Waals surface area contributed by atoms with Crippen molar-refractivity contribution in [2.75, 3.05) is 6.54 Å². The lowest BCUT2D eigenvalue weighted by Gasteiger charge is -2.25. The van der Waals surface area contributed by atoms with Crippen LogP contribution < -0.4 is 0 Å². The van der Waals surface area contributed by atoms with Gasteiger partial charge in [0.2, 0.25) is 0 Å². The van der Waals surface area contributed by atoms with E-state index in [1.807, 2.05) is 30.3 Å². The van der Waals surface area contributed by atoms with E-state index in [1.165, 1.54) is 30.3 Å². The van der Waals surface area contributed by atoms with Crippen LogP contribution in [-0.4, -0.2) is 29.2 Å². The van der Waals surface area contributed by atoms with Gasteiger partial charge in [0.15, 0.2) is 6.10 Å². The van der Waals surface area contributed by atoms with Gasteiger partial charge < -0.3 is 9.74 Å². The van der Waals surface area contributed by atoms with Gasteiger partial charge in [0.1, 0.15) is 11.6 Å². The lowest BCUT2D eigenvalue weighted by molar-refractivity contribution is 0.0405. The average molecular weight is 406 g/mol. The molecule has 1 aliphatic rings. The quantitative estimate of drug-likeness (QED) is 0.590. The highest BCUT2D eigenvalue weighted by Crippen LogP contribution is 2.20. The van der Waals surface area contributed by atoms with Crippen molar-refractivity contribution in [3.05, 3.63) is 107 Å². The van der Waals surface area contributed by atoms with Crippen molar-refractivity contribution in [2.24, 2.45) is 5.16 Å². The highest BCUT2D eigenvalue weighted by atomic mass is 19.1. The van der Waals surface area contributed by atoms with Crippen LogP contribution in [0.15, 0.2) is 84.0 Å². The number of benzene rings is 3. The molecule has 1 atom stereocenters. The first-order chi connectivity index (χ1) is 14.6. The molecule has 4 rings (SSSR count). The van der Waals surface area contributed by atoms with Crippen LogP contribution in [0.5, 0.6) is 0 Å². The number of carbonyl (C=O) groups is 1. The molecule has 152 valence electrons. The number of hydrogen-bond donors (Lipinski definition) is 0. The predicted octanol–water partition coefficient (Wildman–Crippen LogP) is 4.80. The van der Waals surface area contributed by atoms with E-state index in [4.69, 9.17) is 4.84 Å². The van der Waals surface area contributed by atoms with Gasteiger partial charge in [-0.3, -0.25) is 4.79 Å². The minimum Gasteiger partial charge on any atom is -0.390 e. The molecule has 0 unspecified atom stereocenters. The molecular weight excluding hydrogens is 386 g/mol. The lowest BCUT2D eigenvalue weighted by atomic mass is 10.0. The molecule has 30 heavy (non-hydrogen) atoms. The van der Waals surface area contributed by atoms with Gasteiger partial charge in [-0.05, 0) is 41.5 Å². The second kappa shape index (κ2) is 8.86. The molecule has 0 radical (unpaired) electrons. The van der Waals surface area contributed by atoms with Crippen molar-refractivity contribution in [3.8, 4) is 0 Å². The molecule has 1 aliphatic heterocycles. The Morgan fingerprint density at radius 3 is 2.47 bits per heavy atom. The molecule has 0 N–H and O–H groups in total. The molecular formula is C24H20F2N2O2. The Morgan fingerprint density at radius 2 is 1.73 bits per heavy atom. The van der Waals surface area contributed by atoms with Crippen LogP contribution in [-0.2, 0) is 11.4 Å². The van der Waals surface area contributed by atoms with Crippen LogP contribution in [0.3, 0.4) is 0 Å². The summed E-state index contributed by atoms with van der Waals surface area (Å²) in [5.74, 6) is -1.05. The highest BCUT2D eigenvalue weighted by molar-refractivity contribution is 6.01. The number of carbonyl (C=O) groups excluding carboxylic acids is 1. The Hall–Kier alpha value is -3.54. The van der Waals surface area contributed by atoms with Crippen molar-refractivity contribution in [1.29, 1.82) is 0 Å². The fourth-order valence-corrected chi connectivity index (χ4v) is 3.41. The van der Waals surface area contributed by atoms with E-state index in [2.05, 4.69) is 5.16 Å². The molecule has 3 aromatic carbocycles. The highest BCUT2D eigenvalue weighted by Gasteiger charge is 2.27. The number of rotatable bonds is 6. The number of oxime groups is 1. The van der Waals surface area contributed by atoms with Gasteiger partial charge in [-0.15, -0.1) is 0 Å². The van der Waals surface area contributed by atoms with Crippen LogP contribution in [0, 0.1) is 11.6 Å². The zero-order chi connectivity index (χ0) is 20.9. The normalized spacial score (nSPS) is 15.4. The first-order valence-corrected chi connectivity index (χ1v) is 9.66. The van der Waals surface area contributed by atoms with Crippen LogP contribution in [0.1, 0.15) is 27.9 Å². The van der Waals surface area contributed by atoms with E-state index in [1.54, 1.807) is 23.1 Å². The maximum atomic E-state index is 13.6. The summed E-state index contributed by atoms with van der Waals surface area (Å²) in [5.41, 5.74) is 2.73. The maximum absolute atomic E-state index is 13.6. The Balaban J connectivity index is 1.50. The van der Waals surface area contributed by atoms with Crippen LogP contribution in [0.2, 0.25) is 0 Å². The SMILES string of the molecule is O=C(c1cccc(F)c1)N(Cc1ccccc1)C[C@H]1CC(c2ccc(F)cc2)=NO1. The summed E-state index contributed by atoms with van der Waals surface area (Å²) in [4.78, 5) is 20.3. The number of hydrogen-bond acceptors (Lipinski definition) is 3. The summed E-state index contributed by atoms with van der Waals surface area (Å²) in [6.07, 6.45) is 0.152. The Bertz CT molecular complexity index is 1050. The second-order valence-electron chi connectivity index (χ2n) is 7.16. The zero-order valence-corrected chi connectivity index (χ0v) is 16.2. The van der Waals surface area contributed by atoms with E-state index in [0.29, 0.717) is 25.2 Å². The van der Waals surface area contributed by atoms with Gasteiger partial charge in [-0.25, -0.2) is 8.78 Å². The Labute approximate surface area is 173 Å². The van der Waals surface area contributed by atoms with E-state index < -0.39 is 5.82 Å². The van der Waals surface area contributed by atoms with E-state index in [9.17, 15) is 13.6 Å². The largest absolute Gasteiger partial charge is 0.390 e. The first-order valence-electron chi connectivity index (χ1n) is 9.66. The molecule has 0 saturated heterocycles. The molecule has 0 saturated carbocycles. The third-order valence-corrected chi connectivity index (χ3v) is 4.91. The van der Waals surface area contributed by atoms with E-state index >= 15 is 0 Å². The fourth-order valence-electron chi connectivity index (χ4n) is 3.41. The minimum absolute atomic E-state index is 0.280. The number of nitrogens with zero attached hydrogens (tertiary/aromatic N) is 2.